The molecule has 0 aromatic heterocycles. The Kier molecular flexibility index (Phi) is 2.94. The zero-order valence-corrected chi connectivity index (χ0v) is 9.80. The van der Waals surface area contributed by atoms with Crippen LogP contribution >= 0.6 is 15.9 Å². The Balaban J connectivity index is 2.42. The lowest BCUT2D eigenvalue weighted by molar-refractivity contribution is -0.117. The zero-order valence-electron chi connectivity index (χ0n) is 8.21. The van der Waals surface area contributed by atoms with Crippen LogP contribution in [0.5, 0.6) is 0 Å². The fourth-order valence-electron chi connectivity index (χ4n) is 1.69. The van der Waals surface area contributed by atoms with Gasteiger partial charge in [0.05, 0.1) is 10.2 Å². The molecule has 1 heterocycles. The summed E-state index contributed by atoms with van der Waals surface area (Å²) in [7, 11) is 0. The predicted molar refractivity (Wildman–Crippen MR) is 59.0 cm³/mol. The van der Waals surface area contributed by atoms with E-state index in [4.69, 9.17) is 5.73 Å². The van der Waals surface area contributed by atoms with E-state index < -0.39 is 11.6 Å². The average molecular weight is 291 g/mol. The SMILES string of the molecule is NC1CC(=O)N(c2ccc(Br)c(F)c2F)C1. The van der Waals surface area contributed by atoms with Gasteiger partial charge >= 0.3 is 0 Å². The van der Waals surface area contributed by atoms with E-state index in [9.17, 15) is 13.6 Å². The Labute approximate surface area is 99.3 Å². The first-order valence-electron chi connectivity index (χ1n) is 4.70. The minimum atomic E-state index is -1.03. The second kappa shape index (κ2) is 4.10. The Morgan fingerprint density at radius 1 is 1.38 bits per heavy atom. The molecule has 1 aromatic carbocycles. The van der Waals surface area contributed by atoms with Gasteiger partial charge in [0.1, 0.15) is 0 Å². The summed E-state index contributed by atoms with van der Waals surface area (Å²) in [6.45, 7) is 0.219. The molecule has 1 saturated heterocycles. The molecule has 0 radical (unpaired) electrons. The lowest BCUT2D eigenvalue weighted by atomic mass is 10.2. The molecule has 1 amide bonds. The molecule has 0 aliphatic carbocycles. The fraction of sp³-hybridized carbons (Fsp3) is 0.300. The van der Waals surface area contributed by atoms with Crippen molar-refractivity contribution >= 4 is 27.5 Å². The summed E-state index contributed by atoms with van der Waals surface area (Å²) in [4.78, 5) is 12.7. The molecule has 1 aliphatic heterocycles. The molecule has 6 heteroatoms. The van der Waals surface area contributed by atoms with Gasteiger partial charge in [-0.05, 0) is 28.1 Å². The summed E-state index contributed by atoms with van der Waals surface area (Å²) in [5.41, 5.74) is 5.53. The van der Waals surface area contributed by atoms with Crippen molar-refractivity contribution in [2.24, 2.45) is 5.73 Å². The Morgan fingerprint density at radius 2 is 2.06 bits per heavy atom. The number of amides is 1. The third kappa shape index (κ3) is 1.82. The monoisotopic (exact) mass is 290 g/mol. The van der Waals surface area contributed by atoms with Crippen LogP contribution in [-0.4, -0.2) is 18.5 Å². The van der Waals surface area contributed by atoms with Crippen LogP contribution in [0.1, 0.15) is 6.42 Å². The summed E-state index contributed by atoms with van der Waals surface area (Å²) >= 11 is 2.87. The molecular weight excluding hydrogens is 282 g/mol. The lowest BCUT2D eigenvalue weighted by Crippen LogP contribution is -2.28. The number of carbonyl (C=O) groups excluding carboxylic acids is 1. The van der Waals surface area contributed by atoms with Crippen molar-refractivity contribution in [3.63, 3.8) is 0 Å². The quantitative estimate of drug-likeness (QED) is 0.802. The molecule has 2 rings (SSSR count). The maximum atomic E-state index is 13.6. The van der Waals surface area contributed by atoms with E-state index in [2.05, 4.69) is 15.9 Å². The van der Waals surface area contributed by atoms with E-state index in [-0.39, 0.29) is 35.1 Å². The van der Waals surface area contributed by atoms with Crippen LogP contribution in [0, 0.1) is 11.6 Å². The van der Waals surface area contributed by atoms with Crippen LogP contribution in [0.25, 0.3) is 0 Å². The molecule has 1 aliphatic rings. The van der Waals surface area contributed by atoms with Gasteiger partial charge in [0.2, 0.25) is 5.91 Å². The largest absolute Gasteiger partial charge is 0.326 e. The van der Waals surface area contributed by atoms with Crippen molar-refractivity contribution in [3.8, 4) is 0 Å². The van der Waals surface area contributed by atoms with Crippen molar-refractivity contribution in [1.29, 1.82) is 0 Å². The van der Waals surface area contributed by atoms with E-state index in [1.54, 1.807) is 0 Å². The van der Waals surface area contributed by atoms with Gasteiger partial charge < -0.3 is 10.6 Å². The number of nitrogens with zero attached hydrogens (tertiary/aromatic N) is 1. The molecule has 0 spiro atoms. The molecule has 16 heavy (non-hydrogen) atoms. The number of anilines is 1. The second-order valence-electron chi connectivity index (χ2n) is 3.66. The standard InChI is InChI=1S/C10H9BrF2N2O/c11-6-1-2-7(10(13)9(6)12)15-4-5(14)3-8(15)16/h1-2,5H,3-4,14H2. The van der Waals surface area contributed by atoms with Gasteiger partial charge in [-0.1, -0.05) is 0 Å². The van der Waals surface area contributed by atoms with Crippen molar-refractivity contribution in [3.05, 3.63) is 28.2 Å². The van der Waals surface area contributed by atoms with Crippen LogP contribution in [-0.2, 0) is 4.79 Å². The van der Waals surface area contributed by atoms with Crippen LogP contribution in [0.4, 0.5) is 14.5 Å². The van der Waals surface area contributed by atoms with Crippen molar-refractivity contribution in [1.82, 2.24) is 0 Å². The maximum absolute atomic E-state index is 13.6. The minimum absolute atomic E-state index is 0.0321. The number of nitrogens with two attached hydrogens (primary N) is 1. The van der Waals surface area contributed by atoms with E-state index in [1.165, 1.54) is 17.0 Å². The highest BCUT2D eigenvalue weighted by molar-refractivity contribution is 9.10. The van der Waals surface area contributed by atoms with E-state index in [1.807, 2.05) is 0 Å². The van der Waals surface area contributed by atoms with E-state index in [0.717, 1.165) is 0 Å². The number of halogens is 3. The van der Waals surface area contributed by atoms with Gasteiger partial charge in [0.15, 0.2) is 11.6 Å². The van der Waals surface area contributed by atoms with Crippen molar-refractivity contribution in [2.75, 3.05) is 11.4 Å². The van der Waals surface area contributed by atoms with Gasteiger partial charge in [0.25, 0.3) is 0 Å². The highest BCUT2D eigenvalue weighted by atomic mass is 79.9. The molecular formula is C10H9BrF2N2O. The second-order valence-corrected chi connectivity index (χ2v) is 4.52. The van der Waals surface area contributed by atoms with Gasteiger partial charge in [-0.2, -0.15) is 0 Å². The number of hydrogen-bond donors (Lipinski definition) is 1. The maximum Gasteiger partial charge on any atom is 0.228 e. The Bertz CT molecular complexity index is 453. The van der Waals surface area contributed by atoms with Crippen LogP contribution in [0.3, 0.4) is 0 Å². The average Bonchev–Trinajstić information content (AvgIpc) is 2.55. The Hall–Kier alpha value is -1.01. The van der Waals surface area contributed by atoms with Crippen LogP contribution in [0.15, 0.2) is 16.6 Å². The number of benzene rings is 1. The van der Waals surface area contributed by atoms with Crippen molar-refractivity contribution in [2.45, 2.75) is 12.5 Å². The summed E-state index contributed by atoms with van der Waals surface area (Å²) < 4.78 is 26.9. The predicted octanol–water partition coefficient (Wildman–Crippen LogP) is 1.79. The molecule has 1 aromatic rings. The van der Waals surface area contributed by atoms with Crippen molar-refractivity contribution < 1.29 is 13.6 Å². The molecule has 1 unspecified atom stereocenters. The van der Waals surface area contributed by atoms with Crippen LogP contribution < -0.4 is 10.6 Å². The molecule has 2 N–H and O–H groups in total. The summed E-state index contributed by atoms with van der Waals surface area (Å²) in [5.74, 6) is -2.31. The fourth-order valence-corrected chi connectivity index (χ4v) is 2.00. The lowest BCUT2D eigenvalue weighted by Gasteiger charge is -2.17. The zero-order chi connectivity index (χ0) is 11.9. The highest BCUT2D eigenvalue weighted by Crippen LogP contribution is 2.29. The third-order valence-corrected chi connectivity index (χ3v) is 3.07. The minimum Gasteiger partial charge on any atom is -0.326 e. The summed E-state index contributed by atoms with van der Waals surface area (Å²) in [6, 6.07) is 2.40. The first-order valence-corrected chi connectivity index (χ1v) is 5.49. The van der Waals surface area contributed by atoms with Crippen LogP contribution in [0.2, 0.25) is 0 Å². The molecule has 86 valence electrons. The van der Waals surface area contributed by atoms with Gasteiger partial charge in [-0.15, -0.1) is 0 Å². The molecule has 0 saturated carbocycles. The van der Waals surface area contributed by atoms with Gasteiger partial charge in [-0.3, -0.25) is 4.79 Å². The number of hydrogen-bond acceptors (Lipinski definition) is 2. The summed E-state index contributed by atoms with van der Waals surface area (Å²) in [6.07, 6.45) is 0.164. The first kappa shape index (κ1) is 11.5. The number of carbonyl (C=O) groups is 1. The van der Waals surface area contributed by atoms with E-state index in [0.29, 0.717) is 0 Å². The normalized spacial score (nSPS) is 20.6. The molecule has 1 atom stereocenters. The Morgan fingerprint density at radius 3 is 2.62 bits per heavy atom. The molecule has 0 bridgehead atoms. The topological polar surface area (TPSA) is 46.3 Å². The molecule has 1 fully saturated rings. The van der Waals surface area contributed by atoms with E-state index >= 15 is 0 Å². The first-order chi connectivity index (χ1) is 7.50. The molecule has 3 nitrogen and oxygen atoms in total. The van der Waals surface area contributed by atoms with Gasteiger partial charge in [0, 0.05) is 19.0 Å². The number of rotatable bonds is 1. The summed E-state index contributed by atoms with van der Waals surface area (Å²) in [5, 5.41) is 0. The van der Waals surface area contributed by atoms with Gasteiger partial charge in [-0.25, -0.2) is 8.78 Å². The highest BCUT2D eigenvalue weighted by Gasteiger charge is 2.30. The smallest absolute Gasteiger partial charge is 0.228 e. The third-order valence-electron chi connectivity index (χ3n) is 2.46.